The van der Waals surface area contributed by atoms with Crippen molar-refractivity contribution in [2.45, 2.75) is 37.0 Å². The third kappa shape index (κ3) is 5.59. The first-order chi connectivity index (χ1) is 24.4. The lowest BCUT2D eigenvalue weighted by molar-refractivity contribution is -0.142. The number of carboxylic acids is 1. The molecule has 1 saturated carbocycles. The first kappa shape index (κ1) is 35.0. The number of ether oxygens (including phenoxy) is 1. The molecule has 4 aliphatic rings. The average Bonchev–Trinajstić information content (AvgIpc) is 3.47. The number of imide groups is 2. The van der Waals surface area contributed by atoms with Crippen LogP contribution in [0.4, 0.5) is 5.69 Å². The Labute approximate surface area is 311 Å². The Kier molecular flexibility index (Phi) is 9.14. The monoisotopic (exact) mass is 795 g/mol. The van der Waals surface area contributed by atoms with Gasteiger partial charge in [0, 0.05) is 33.9 Å². The van der Waals surface area contributed by atoms with Gasteiger partial charge in [-0.3, -0.25) is 34.3 Å². The summed E-state index contributed by atoms with van der Waals surface area (Å²) in [5.41, 5.74) is 3.10. The molecular formula is C37H32BrCl2N3O8. The Morgan fingerprint density at radius 2 is 1.75 bits per heavy atom. The van der Waals surface area contributed by atoms with Gasteiger partial charge in [0.05, 0.1) is 41.0 Å². The predicted octanol–water partition coefficient (Wildman–Crippen LogP) is 6.32. The highest BCUT2D eigenvalue weighted by molar-refractivity contribution is 9.10. The van der Waals surface area contributed by atoms with Gasteiger partial charge in [0.15, 0.2) is 0 Å². The van der Waals surface area contributed by atoms with Crippen LogP contribution in [0.2, 0.25) is 10.0 Å². The molecule has 264 valence electrons. The molecule has 7 rings (SSSR count). The quantitative estimate of drug-likeness (QED) is 0.167. The van der Waals surface area contributed by atoms with Crippen molar-refractivity contribution >= 4 is 74.4 Å². The predicted molar refractivity (Wildman–Crippen MR) is 190 cm³/mol. The van der Waals surface area contributed by atoms with Crippen LogP contribution in [0.25, 0.3) is 0 Å². The second-order valence-corrected chi connectivity index (χ2v) is 15.0. The molecule has 11 nitrogen and oxygen atoms in total. The summed E-state index contributed by atoms with van der Waals surface area (Å²) < 4.78 is 6.04. The number of rotatable bonds is 9. The Balaban J connectivity index is 1.42. The van der Waals surface area contributed by atoms with Crippen LogP contribution in [-0.2, 0) is 29.4 Å². The molecule has 3 fully saturated rings. The molecule has 0 aromatic heterocycles. The lowest BCUT2D eigenvalue weighted by Crippen LogP contribution is -2.53. The van der Waals surface area contributed by atoms with Crippen LogP contribution in [0.1, 0.15) is 42.7 Å². The summed E-state index contributed by atoms with van der Waals surface area (Å²) in [6.07, 6.45) is 2.02. The molecule has 3 N–H and O–H groups in total. The molecule has 0 bridgehead atoms. The van der Waals surface area contributed by atoms with Crippen molar-refractivity contribution in [3.63, 3.8) is 0 Å². The number of halogens is 3. The van der Waals surface area contributed by atoms with E-state index >= 15 is 4.79 Å². The molecule has 0 radical (unpaired) electrons. The maximum atomic E-state index is 15.3. The average molecular weight is 797 g/mol. The number of benzene rings is 3. The number of phenols is 1. The van der Waals surface area contributed by atoms with Crippen LogP contribution in [0.15, 0.2) is 76.8 Å². The van der Waals surface area contributed by atoms with Crippen LogP contribution in [0, 0.1) is 23.7 Å². The number of amides is 4. The second kappa shape index (κ2) is 13.3. The molecule has 4 amide bonds. The minimum atomic E-state index is -1.63. The van der Waals surface area contributed by atoms with Gasteiger partial charge in [0.2, 0.25) is 11.8 Å². The van der Waals surface area contributed by atoms with Gasteiger partial charge in [0.25, 0.3) is 11.8 Å². The van der Waals surface area contributed by atoms with Gasteiger partial charge in [0.1, 0.15) is 11.5 Å². The minimum Gasteiger partial charge on any atom is -0.508 e. The molecule has 2 saturated heterocycles. The number of fused-ring (bicyclic) bond motifs is 4. The molecule has 14 heteroatoms. The van der Waals surface area contributed by atoms with E-state index in [-0.39, 0.29) is 54.6 Å². The van der Waals surface area contributed by atoms with Crippen molar-refractivity contribution in [2.75, 3.05) is 19.1 Å². The van der Waals surface area contributed by atoms with Gasteiger partial charge in [-0.25, -0.2) is 0 Å². The lowest BCUT2D eigenvalue weighted by Gasteiger charge is -2.50. The summed E-state index contributed by atoms with van der Waals surface area (Å²) in [4.78, 5) is 70.2. The maximum Gasteiger partial charge on any atom is 0.303 e. The number of allylic oxidation sites excluding steroid dienone is 2. The fraction of sp³-hybridized carbons (Fsp3) is 0.324. The third-order valence-electron chi connectivity index (χ3n) is 10.7. The highest BCUT2D eigenvalue weighted by atomic mass is 79.9. The van der Waals surface area contributed by atoms with Gasteiger partial charge in [-0.1, -0.05) is 62.9 Å². The molecule has 2 aliphatic carbocycles. The van der Waals surface area contributed by atoms with Gasteiger partial charge >= 0.3 is 5.97 Å². The zero-order chi connectivity index (χ0) is 36.4. The van der Waals surface area contributed by atoms with E-state index in [4.69, 9.17) is 27.9 Å². The number of carboxylic acid groups (broad SMARTS) is 1. The fourth-order valence-corrected chi connectivity index (χ4v) is 9.45. The van der Waals surface area contributed by atoms with E-state index in [0.29, 0.717) is 31.9 Å². The number of nitrogens with zero attached hydrogens (tertiary/aromatic N) is 2. The molecular weight excluding hydrogens is 765 g/mol. The van der Waals surface area contributed by atoms with Gasteiger partial charge in [-0.05, 0) is 79.3 Å². The van der Waals surface area contributed by atoms with Crippen molar-refractivity contribution in [3.05, 3.63) is 98.0 Å². The van der Waals surface area contributed by atoms with E-state index in [1.807, 2.05) is 6.08 Å². The number of carbonyl (C=O) groups is 5. The summed E-state index contributed by atoms with van der Waals surface area (Å²) >= 11 is 16.2. The smallest absolute Gasteiger partial charge is 0.303 e. The number of hydrazine groups is 1. The SMILES string of the molecule is COc1ccc([C@@]23C(=O)N(Nc4ccc(Cl)cc4Cl)C(=O)[C@@H]2C[C@@H]2C(=CC[C@@H]4C(=O)N(CCCC(=O)O)C(=O)[C@@H]42)[C@@H]3c2cc(Br)ccc2O)cc1. The maximum absolute atomic E-state index is 15.3. The van der Waals surface area contributed by atoms with Crippen molar-refractivity contribution < 1.29 is 38.9 Å². The summed E-state index contributed by atoms with van der Waals surface area (Å²) in [5.74, 6) is -6.83. The van der Waals surface area contributed by atoms with Crippen molar-refractivity contribution in [3.8, 4) is 11.5 Å². The molecule has 6 atom stereocenters. The molecule has 2 aliphatic heterocycles. The summed E-state index contributed by atoms with van der Waals surface area (Å²) in [5, 5.41) is 22.2. The first-order valence-corrected chi connectivity index (χ1v) is 17.9. The number of phenolic OH excluding ortho intramolecular Hbond substituents is 1. The van der Waals surface area contributed by atoms with E-state index in [2.05, 4.69) is 21.4 Å². The van der Waals surface area contributed by atoms with Gasteiger partial charge in [-0.2, -0.15) is 5.01 Å². The van der Waals surface area contributed by atoms with Crippen LogP contribution >= 0.6 is 39.1 Å². The summed E-state index contributed by atoms with van der Waals surface area (Å²) in [6, 6.07) is 16.4. The molecule has 3 aromatic rings. The summed E-state index contributed by atoms with van der Waals surface area (Å²) in [7, 11) is 1.52. The van der Waals surface area contributed by atoms with Crippen LogP contribution < -0.4 is 10.2 Å². The molecule has 2 heterocycles. The number of anilines is 1. The van der Waals surface area contributed by atoms with E-state index in [0.717, 1.165) is 9.91 Å². The fourth-order valence-electron chi connectivity index (χ4n) is 8.62. The topological polar surface area (TPSA) is 154 Å². The van der Waals surface area contributed by atoms with E-state index in [1.54, 1.807) is 48.5 Å². The minimum absolute atomic E-state index is 0.0367. The summed E-state index contributed by atoms with van der Waals surface area (Å²) in [6.45, 7) is -0.0367. The highest BCUT2D eigenvalue weighted by Gasteiger charge is 2.70. The number of hydrogen-bond donors (Lipinski definition) is 3. The van der Waals surface area contributed by atoms with Crippen molar-refractivity contribution in [1.29, 1.82) is 0 Å². The van der Waals surface area contributed by atoms with Crippen LogP contribution in [-0.4, -0.2) is 63.4 Å². The molecule has 0 spiro atoms. The zero-order valence-electron chi connectivity index (χ0n) is 27.1. The van der Waals surface area contributed by atoms with E-state index in [9.17, 15) is 29.4 Å². The number of aliphatic carboxylic acids is 1. The Bertz CT molecular complexity index is 2020. The van der Waals surface area contributed by atoms with E-state index in [1.165, 1.54) is 19.2 Å². The number of likely N-dealkylation sites (tertiary alicyclic amines) is 1. The molecule has 51 heavy (non-hydrogen) atoms. The number of methoxy groups -OCH3 is 1. The number of hydrogen-bond acceptors (Lipinski definition) is 8. The van der Waals surface area contributed by atoms with E-state index < -0.39 is 58.7 Å². The van der Waals surface area contributed by atoms with Crippen LogP contribution in [0.5, 0.6) is 11.5 Å². The largest absolute Gasteiger partial charge is 0.508 e. The number of carbonyl (C=O) groups excluding carboxylic acids is 4. The van der Waals surface area contributed by atoms with Crippen molar-refractivity contribution in [2.24, 2.45) is 23.7 Å². The highest BCUT2D eigenvalue weighted by Crippen LogP contribution is 2.65. The number of aromatic hydroxyl groups is 1. The second-order valence-electron chi connectivity index (χ2n) is 13.2. The first-order valence-electron chi connectivity index (χ1n) is 16.4. The lowest BCUT2D eigenvalue weighted by atomic mass is 9.49. The standard InChI is InChI=1S/C37H32BrCl2N3O8/c1-51-21-8-4-18(5-9-21)37-26(34(48)43(36(37)50)41-28-12-7-20(39)16-27(28)40)17-24-22(32(37)25-15-19(38)6-13-29(25)44)10-11-23-31(24)35(49)42(33(23)47)14-2-3-30(45)46/h4-10,12-13,15-16,23-24,26,31-32,41,44H,2-3,11,14,17H2,1H3,(H,45,46)/t23-,24+,26-,31-,32+,37+/m0/s1. The Hall–Kier alpha value is -4.39. The molecule has 0 unspecified atom stereocenters. The van der Waals surface area contributed by atoms with Crippen molar-refractivity contribution in [1.82, 2.24) is 9.91 Å². The van der Waals surface area contributed by atoms with Gasteiger partial charge < -0.3 is 14.9 Å². The van der Waals surface area contributed by atoms with Gasteiger partial charge in [-0.15, -0.1) is 0 Å². The molecule has 3 aromatic carbocycles. The third-order valence-corrected chi connectivity index (χ3v) is 11.8. The Morgan fingerprint density at radius 1 is 1.00 bits per heavy atom. The number of nitrogens with one attached hydrogen (secondary N) is 1. The zero-order valence-corrected chi connectivity index (χ0v) is 30.2. The normalized spacial score (nSPS) is 26.8. The van der Waals surface area contributed by atoms with Crippen LogP contribution in [0.3, 0.4) is 0 Å². The Morgan fingerprint density at radius 3 is 2.43 bits per heavy atom.